The third kappa shape index (κ3) is 5.23. The third-order valence-electron chi connectivity index (χ3n) is 7.11. The van der Waals surface area contributed by atoms with Crippen LogP contribution in [0.4, 0.5) is 0 Å². The number of allylic oxidation sites excluding steroid dienone is 1. The van der Waals surface area contributed by atoms with Crippen LogP contribution in [0.3, 0.4) is 0 Å². The van der Waals surface area contributed by atoms with Crippen molar-refractivity contribution in [1.82, 2.24) is 9.80 Å². The molecular weight excluding hydrogens is 364 g/mol. The second-order valence-electron chi connectivity index (χ2n) is 9.10. The van der Waals surface area contributed by atoms with Crippen molar-refractivity contribution in [1.29, 1.82) is 0 Å². The molecule has 0 amide bonds. The normalized spacial score (nSPS) is 20.9. The maximum atomic E-state index is 2.55. The fourth-order valence-corrected chi connectivity index (χ4v) is 5.05. The fourth-order valence-electron chi connectivity index (χ4n) is 5.05. The van der Waals surface area contributed by atoms with Crippen LogP contribution >= 0.6 is 0 Å². The molecule has 0 spiro atoms. The first-order chi connectivity index (χ1) is 14.7. The van der Waals surface area contributed by atoms with E-state index >= 15 is 0 Å². The largest absolute Gasteiger partial charge is 0.375 e. The summed E-state index contributed by atoms with van der Waals surface area (Å²) in [7, 11) is 0. The van der Waals surface area contributed by atoms with E-state index in [1.807, 2.05) is 0 Å². The first-order valence-corrected chi connectivity index (χ1v) is 11.7. The predicted octanol–water partition coefficient (Wildman–Crippen LogP) is 5.98. The topological polar surface area (TPSA) is 6.48 Å². The molecule has 4 rings (SSSR count). The molecule has 1 heterocycles. The Morgan fingerprint density at radius 1 is 0.867 bits per heavy atom. The van der Waals surface area contributed by atoms with Gasteiger partial charge in [-0.2, -0.15) is 0 Å². The smallest absolute Gasteiger partial charge is 0.0300 e. The summed E-state index contributed by atoms with van der Waals surface area (Å²) in [5, 5.41) is 0. The SMILES string of the molecule is CC(C=CN1CCN(C/C=C/c2ccccc2)CC1)(c1ccccc1)C1CCCC1. The Bertz CT molecular complexity index is 812. The van der Waals surface area contributed by atoms with Crippen molar-refractivity contribution in [2.24, 2.45) is 5.92 Å². The minimum atomic E-state index is 0.146. The fraction of sp³-hybridized carbons (Fsp3) is 0.429. The summed E-state index contributed by atoms with van der Waals surface area (Å²) in [6, 6.07) is 21.7. The van der Waals surface area contributed by atoms with Gasteiger partial charge in [0.1, 0.15) is 0 Å². The molecule has 0 aromatic heterocycles. The second-order valence-corrected chi connectivity index (χ2v) is 9.10. The minimum Gasteiger partial charge on any atom is -0.375 e. The summed E-state index contributed by atoms with van der Waals surface area (Å²) in [5.41, 5.74) is 2.90. The van der Waals surface area contributed by atoms with Crippen molar-refractivity contribution in [2.45, 2.75) is 38.0 Å². The molecule has 2 heteroatoms. The average molecular weight is 401 g/mol. The maximum Gasteiger partial charge on any atom is 0.0300 e. The van der Waals surface area contributed by atoms with E-state index < -0.39 is 0 Å². The highest BCUT2D eigenvalue weighted by atomic mass is 15.2. The van der Waals surface area contributed by atoms with Crippen molar-refractivity contribution in [3.05, 3.63) is 90.1 Å². The van der Waals surface area contributed by atoms with E-state index in [-0.39, 0.29) is 5.41 Å². The van der Waals surface area contributed by atoms with Gasteiger partial charge in [0, 0.05) is 38.1 Å². The Morgan fingerprint density at radius 2 is 1.50 bits per heavy atom. The van der Waals surface area contributed by atoms with Crippen molar-refractivity contribution >= 4 is 6.08 Å². The molecule has 2 aromatic rings. The van der Waals surface area contributed by atoms with Gasteiger partial charge in [-0.15, -0.1) is 0 Å². The molecule has 1 saturated carbocycles. The lowest BCUT2D eigenvalue weighted by Gasteiger charge is -2.37. The lowest BCUT2D eigenvalue weighted by atomic mass is 9.71. The van der Waals surface area contributed by atoms with Crippen LogP contribution < -0.4 is 0 Å². The molecule has 1 saturated heterocycles. The first kappa shape index (κ1) is 20.9. The van der Waals surface area contributed by atoms with Crippen LogP contribution in [-0.2, 0) is 5.41 Å². The molecule has 30 heavy (non-hydrogen) atoms. The first-order valence-electron chi connectivity index (χ1n) is 11.7. The van der Waals surface area contributed by atoms with Gasteiger partial charge < -0.3 is 4.90 Å². The zero-order valence-electron chi connectivity index (χ0n) is 18.4. The van der Waals surface area contributed by atoms with Gasteiger partial charge >= 0.3 is 0 Å². The molecule has 2 nitrogen and oxygen atoms in total. The van der Waals surface area contributed by atoms with Crippen LogP contribution in [0.15, 0.2) is 79.0 Å². The second kappa shape index (κ2) is 10.1. The molecule has 2 fully saturated rings. The Hall–Kier alpha value is -2.32. The standard InChI is InChI=1S/C28H36N2/c1-28(27-16-8-9-17-27,26-14-6-3-7-15-26)18-20-30-23-21-29(22-24-30)19-10-13-25-11-4-2-5-12-25/h2-7,10-15,18,20,27H,8-9,16-17,19,21-24H2,1H3/b13-10+,20-18?. The summed E-state index contributed by atoms with van der Waals surface area (Å²) >= 11 is 0. The molecule has 1 unspecified atom stereocenters. The zero-order valence-corrected chi connectivity index (χ0v) is 18.4. The third-order valence-corrected chi connectivity index (χ3v) is 7.11. The van der Waals surface area contributed by atoms with Gasteiger partial charge in [0.05, 0.1) is 0 Å². The molecule has 1 aliphatic carbocycles. The average Bonchev–Trinajstić information content (AvgIpc) is 3.35. The predicted molar refractivity (Wildman–Crippen MR) is 128 cm³/mol. The molecule has 1 atom stereocenters. The highest BCUT2D eigenvalue weighted by Gasteiger charge is 2.35. The number of piperazine rings is 1. The van der Waals surface area contributed by atoms with Crippen molar-refractivity contribution in [3.8, 4) is 0 Å². The van der Waals surface area contributed by atoms with E-state index in [2.05, 4.69) is 102 Å². The monoisotopic (exact) mass is 400 g/mol. The summed E-state index contributed by atoms with van der Waals surface area (Å²) in [4.78, 5) is 5.07. The summed E-state index contributed by atoms with van der Waals surface area (Å²) < 4.78 is 0. The Kier molecular flexibility index (Phi) is 7.07. The number of rotatable bonds is 7. The van der Waals surface area contributed by atoms with Crippen LogP contribution in [0.2, 0.25) is 0 Å². The number of nitrogens with zero attached hydrogens (tertiary/aromatic N) is 2. The zero-order chi connectivity index (χ0) is 20.7. The number of benzene rings is 2. The van der Waals surface area contributed by atoms with Crippen LogP contribution in [0, 0.1) is 5.92 Å². The Labute approximate surface area is 182 Å². The molecule has 0 radical (unpaired) electrons. The van der Waals surface area contributed by atoms with Gasteiger partial charge in [-0.05, 0) is 36.1 Å². The van der Waals surface area contributed by atoms with E-state index in [1.54, 1.807) is 0 Å². The lowest BCUT2D eigenvalue weighted by Crippen LogP contribution is -2.44. The van der Waals surface area contributed by atoms with E-state index in [0.717, 1.165) is 38.6 Å². The Balaban J connectivity index is 1.33. The summed E-state index contributed by atoms with van der Waals surface area (Å²) in [6.07, 6.45) is 14.9. The van der Waals surface area contributed by atoms with Gasteiger partial charge in [0.15, 0.2) is 0 Å². The van der Waals surface area contributed by atoms with Crippen molar-refractivity contribution < 1.29 is 0 Å². The number of hydrogen-bond acceptors (Lipinski definition) is 2. The van der Waals surface area contributed by atoms with Gasteiger partial charge in [-0.1, -0.05) is 98.7 Å². The van der Waals surface area contributed by atoms with E-state index in [4.69, 9.17) is 0 Å². The molecule has 2 aliphatic rings. The van der Waals surface area contributed by atoms with Crippen molar-refractivity contribution in [3.63, 3.8) is 0 Å². The molecule has 0 bridgehead atoms. The van der Waals surface area contributed by atoms with Crippen LogP contribution in [0.1, 0.15) is 43.7 Å². The summed E-state index contributed by atoms with van der Waals surface area (Å²) in [5.74, 6) is 0.764. The quantitative estimate of drug-likeness (QED) is 0.564. The highest BCUT2D eigenvalue weighted by molar-refractivity contribution is 5.48. The molecule has 1 aliphatic heterocycles. The maximum absolute atomic E-state index is 2.55. The summed E-state index contributed by atoms with van der Waals surface area (Å²) in [6.45, 7) is 8.00. The van der Waals surface area contributed by atoms with Crippen LogP contribution in [-0.4, -0.2) is 42.5 Å². The van der Waals surface area contributed by atoms with Crippen molar-refractivity contribution in [2.75, 3.05) is 32.7 Å². The molecule has 2 aromatic carbocycles. The van der Waals surface area contributed by atoms with Gasteiger partial charge in [0.2, 0.25) is 0 Å². The number of hydrogen-bond donors (Lipinski definition) is 0. The van der Waals surface area contributed by atoms with E-state index in [0.29, 0.717) is 0 Å². The van der Waals surface area contributed by atoms with Gasteiger partial charge in [0.25, 0.3) is 0 Å². The van der Waals surface area contributed by atoms with E-state index in [9.17, 15) is 0 Å². The van der Waals surface area contributed by atoms with Crippen LogP contribution in [0.25, 0.3) is 6.08 Å². The molecule has 158 valence electrons. The lowest BCUT2D eigenvalue weighted by molar-refractivity contribution is 0.181. The molecule has 0 N–H and O–H groups in total. The van der Waals surface area contributed by atoms with Gasteiger partial charge in [-0.3, -0.25) is 4.90 Å². The molecular formula is C28H36N2. The van der Waals surface area contributed by atoms with Crippen LogP contribution in [0.5, 0.6) is 0 Å². The van der Waals surface area contributed by atoms with Gasteiger partial charge in [-0.25, -0.2) is 0 Å². The highest BCUT2D eigenvalue weighted by Crippen LogP contribution is 2.43. The Morgan fingerprint density at radius 3 is 2.17 bits per heavy atom. The minimum absolute atomic E-state index is 0.146. The van der Waals surface area contributed by atoms with E-state index in [1.165, 1.54) is 36.8 Å².